The summed E-state index contributed by atoms with van der Waals surface area (Å²) >= 11 is 0. The van der Waals surface area contributed by atoms with Crippen molar-refractivity contribution in [1.82, 2.24) is 19.8 Å². The smallest absolute Gasteiger partial charge is 0.229 e. The fourth-order valence-electron chi connectivity index (χ4n) is 1.65. The second-order valence-corrected chi connectivity index (χ2v) is 3.53. The number of rotatable bonds is 2. The van der Waals surface area contributed by atoms with Crippen molar-refractivity contribution in [3.05, 3.63) is 60.2 Å². The Bertz CT molecular complexity index is 675. The maximum atomic E-state index is 12.2. The zero-order chi connectivity index (χ0) is 11.7. The second kappa shape index (κ2) is 3.79. The number of fused-ring (bicyclic) bond motifs is 1. The van der Waals surface area contributed by atoms with Crippen molar-refractivity contribution < 1.29 is 4.79 Å². The molecule has 0 aliphatic rings. The van der Waals surface area contributed by atoms with Gasteiger partial charge in [0.2, 0.25) is 5.78 Å². The van der Waals surface area contributed by atoms with Gasteiger partial charge in [-0.05, 0) is 24.3 Å². The SMILES string of the molecule is O=C(c1ccccn1)c1cccc2cnnn12. The van der Waals surface area contributed by atoms with Gasteiger partial charge >= 0.3 is 0 Å². The predicted octanol–water partition coefficient (Wildman–Crippen LogP) is 1.36. The molecule has 82 valence electrons. The van der Waals surface area contributed by atoms with Crippen LogP contribution in [0.2, 0.25) is 0 Å². The number of pyridine rings is 2. The molecule has 3 rings (SSSR count). The quantitative estimate of drug-likeness (QED) is 0.616. The lowest BCUT2D eigenvalue weighted by Gasteiger charge is -2.02. The molecule has 0 unspecified atom stereocenters. The summed E-state index contributed by atoms with van der Waals surface area (Å²) in [5.41, 5.74) is 1.64. The lowest BCUT2D eigenvalue weighted by Crippen LogP contribution is -2.09. The van der Waals surface area contributed by atoms with E-state index in [0.717, 1.165) is 5.52 Å². The van der Waals surface area contributed by atoms with E-state index in [9.17, 15) is 4.79 Å². The molecule has 17 heavy (non-hydrogen) atoms. The molecule has 5 nitrogen and oxygen atoms in total. The Morgan fingerprint density at radius 1 is 1.12 bits per heavy atom. The summed E-state index contributed by atoms with van der Waals surface area (Å²) < 4.78 is 1.51. The third-order valence-electron chi connectivity index (χ3n) is 2.46. The van der Waals surface area contributed by atoms with Gasteiger partial charge in [0.05, 0.1) is 11.7 Å². The molecular weight excluding hydrogens is 216 g/mol. The van der Waals surface area contributed by atoms with E-state index in [1.807, 2.05) is 6.07 Å². The van der Waals surface area contributed by atoms with Crippen LogP contribution in [0.15, 0.2) is 48.8 Å². The molecule has 0 aromatic carbocycles. The minimum atomic E-state index is -0.165. The van der Waals surface area contributed by atoms with Gasteiger partial charge in [0.15, 0.2) is 0 Å². The van der Waals surface area contributed by atoms with Crippen LogP contribution >= 0.6 is 0 Å². The number of hydrogen-bond donors (Lipinski definition) is 0. The first-order chi connectivity index (χ1) is 8.36. The molecule has 0 radical (unpaired) electrons. The summed E-state index contributed by atoms with van der Waals surface area (Å²) in [7, 11) is 0. The van der Waals surface area contributed by atoms with Gasteiger partial charge in [0.25, 0.3) is 0 Å². The number of hydrogen-bond acceptors (Lipinski definition) is 4. The number of aromatic nitrogens is 4. The molecule has 0 atom stereocenters. The van der Waals surface area contributed by atoms with Crippen LogP contribution in [-0.4, -0.2) is 25.6 Å². The Balaban J connectivity index is 2.16. The normalized spacial score (nSPS) is 10.6. The highest BCUT2D eigenvalue weighted by molar-refractivity contribution is 6.06. The monoisotopic (exact) mass is 224 g/mol. The maximum absolute atomic E-state index is 12.2. The Kier molecular flexibility index (Phi) is 2.15. The van der Waals surface area contributed by atoms with Gasteiger partial charge in [0.1, 0.15) is 11.4 Å². The first kappa shape index (κ1) is 9.65. The molecule has 0 aliphatic carbocycles. The molecule has 3 aromatic rings. The van der Waals surface area contributed by atoms with Crippen molar-refractivity contribution in [3.63, 3.8) is 0 Å². The fraction of sp³-hybridized carbons (Fsp3) is 0. The van der Waals surface area contributed by atoms with Crippen LogP contribution in [0.3, 0.4) is 0 Å². The van der Waals surface area contributed by atoms with Crippen LogP contribution < -0.4 is 0 Å². The van der Waals surface area contributed by atoms with Crippen LogP contribution in [0.5, 0.6) is 0 Å². The first-order valence-corrected chi connectivity index (χ1v) is 5.11. The van der Waals surface area contributed by atoms with E-state index in [0.29, 0.717) is 11.4 Å². The minimum absolute atomic E-state index is 0.165. The van der Waals surface area contributed by atoms with Crippen LogP contribution in [0.4, 0.5) is 0 Å². The Morgan fingerprint density at radius 2 is 2.06 bits per heavy atom. The summed E-state index contributed by atoms with van der Waals surface area (Å²) in [6.07, 6.45) is 3.20. The zero-order valence-electron chi connectivity index (χ0n) is 8.82. The lowest BCUT2D eigenvalue weighted by molar-refractivity contribution is 0.102. The number of ketones is 1. The highest BCUT2D eigenvalue weighted by Crippen LogP contribution is 2.09. The topological polar surface area (TPSA) is 60.2 Å². The standard InChI is InChI=1S/C12H8N4O/c17-12(10-5-1-2-7-13-10)11-6-3-4-9-8-14-15-16(9)11/h1-8H. The molecule has 3 heterocycles. The van der Waals surface area contributed by atoms with Gasteiger partial charge in [-0.25, -0.2) is 4.52 Å². The van der Waals surface area contributed by atoms with Crippen LogP contribution in [0.1, 0.15) is 16.2 Å². The van der Waals surface area contributed by atoms with Crippen molar-refractivity contribution in [2.45, 2.75) is 0 Å². The Labute approximate surface area is 96.7 Å². The van der Waals surface area contributed by atoms with Gasteiger partial charge in [-0.3, -0.25) is 9.78 Å². The minimum Gasteiger partial charge on any atom is -0.285 e. The zero-order valence-corrected chi connectivity index (χ0v) is 8.82. The lowest BCUT2D eigenvalue weighted by atomic mass is 10.2. The van der Waals surface area contributed by atoms with Crippen LogP contribution in [0, 0.1) is 0 Å². The van der Waals surface area contributed by atoms with E-state index in [1.165, 1.54) is 4.52 Å². The van der Waals surface area contributed by atoms with E-state index >= 15 is 0 Å². The Morgan fingerprint density at radius 3 is 2.88 bits per heavy atom. The third-order valence-corrected chi connectivity index (χ3v) is 2.46. The summed E-state index contributed by atoms with van der Waals surface area (Å²) in [5.74, 6) is -0.165. The molecule has 3 aromatic heterocycles. The largest absolute Gasteiger partial charge is 0.285 e. The van der Waals surface area contributed by atoms with Crippen molar-refractivity contribution in [2.24, 2.45) is 0 Å². The van der Waals surface area contributed by atoms with Gasteiger partial charge in [-0.15, -0.1) is 5.10 Å². The van der Waals surface area contributed by atoms with Crippen molar-refractivity contribution in [3.8, 4) is 0 Å². The second-order valence-electron chi connectivity index (χ2n) is 3.53. The predicted molar refractivity (Wildman–Crippen MR) is 60.7 cm³/mol. The molecular formula is C12H8N4O. The van der Waals surface area contributed by atoms with Gasteiger partial charge in [-0.2, -0.15) is 0 Å². The molecule has 5 heteroatoms. The van der Waals surface area contributed by atoms with E-state index in [1.54, 1.807) is 42.7 Å². The maximum Gasteiger partial charge on any atom is 0.229 e. The average Bonchev–Trinajstić information content (AvgIpc) is 2.87. The van der Waals surface area contributed by atoms with Crippen LogP contribution in [0.25, 0.3) is 5.52 Å². The molecule has 0 fully saturated rings. The molecule has 0 N–H and O–H groups in total. The molecule has 0 aliphatic heterocycles. The van der Waals surface area contributed by atoms with E-state index in [-0.39, 0.29) is 5.78 Å². The highest BCUT2D eigenvalue weighted by Gasteiger charge is 2.13. The van der Waals surface area contributed by atoms with Crippen molar-refractivity contribution in [2.75, 3.05) is 0 Å². The summed E-state index contributed by atoms with van der Waals surface area (Å²) in [6, 6.07) is 10.6. The van der Waals surface area contributed by atoms with Crippen molar-refractivity contribution >= 4 is 11.3 Å². The fourth-order valence-corrected chi connectivity index (χ4v) is 1.65. The van der Waals surface area contributed by atoms with E-state index in [4.69, 9.17) is 0 Å². The summed E-state index contributed by atoms with van der Waals surface area (Å²) in [4.78, 5) is 16.2. The van der Waals surface area contributed by atoms with Gasteiger partial charge in [-0.1, -0.05) is 17.3 Å². The van der Waals surface area contributed by atoms with E-state index < -0.39 is 0 Å². The molecule has 0 spiro atoms. The average molecular weight is 224 g/mol. The van der Waals surface area contributed by atoms with E-state index in [2.05, 4.69) is 15.3 Å². The van der Waals surface area contributed by atoms with Crippen molar-refractivity contribution in [1.29, 1.82) is 0 Å². The Hall–Kier alpha value is -2.56. The third kappa shape index (κ3) is 1.57. The van der Waals surface area contributed by atoms with Crippen LogP contribution in [-0.2, 0) is 0 Å². The summed E-state index contributed by atoms with van der Waals surface area (Å²) in [5, 5.41) is 7.66. The number of carbonyl (C=O) groups is 1. The first-order valence-electron chi connectivity index (χ1n) is 5.11. The molecule has 0 bridgehead atoms. The number of carbonyl (C=O) groups excluding carboxylic acids is 1. The molecule has 0 amide bonds. The number of nitrogens with zero attached hydrogens (tertiary/aromatic N) is 4. The highest BCUT2D eigenvalue weighted by atomic mass is 16.1. The molecule has 0 saturated carbocycles. The van der Waals surface area contributed by atoms with Gasteiger partial charge < -0.3 is 0 Å². The summed E-state index contributed by atoms with van der Waals surface area (Å²) in [6.45, 7) is 0. The van der Waals surface area contributed by atoms with Gasteiger partial charge in [0, 0.05) is 6.20 Å². The molecule has 0 saturated heterocycles.